The number of hydrogen-bond acceptors (Lipinski definition) is 4. The number of anilines is 2. The molecule has 0 atom stereocenters. The zero-order chi connectivity index (χ0) is 18.5. The molecule has 138 valence electrons. The first-order chi connectivity index (χ1) is 12.5. The number of nitrogen functional groups attached to an aromatic ring is 1. The quantitative estimate of drug-likeness (QED) is 0.782. The monoisotopic (exact) mass is 373 g/mol. The predicted molar refractivity (Wildman–Crippen MR) is 106 cm³/mol. The average molecular weight is 374 g/mol. The number of carbonyl (C=O) groups excluding carboxylic acids is 1. The van der Waals surface area contributed by atoms with Gasteiger partial charge in [-0.3, -0.25) is 9.69 Å². The summed E-state index contributed by atoms with van der Waals surface area (Å²) in [5, 5.41) is 3.36. The fourth-order valence-electron chi connectivity index (χ4n) is 3.15. The van der Waals surface area contributed by atoms with E-state index >= 15 is 0 Å². The van der Waals surface area contributed by atoms with Crippen molar-refractivity contribution in [2.75, 3.05) is 31.3 Å². The minimum atomic E-state index is -0.191. The number of hydrogen-bond donors (Lipinski definition) is 2. The largest absolute Gasteiger partial charge is 0.397 e. The predicted octanol–water partition coefficient (Wildman–Crippen LogP) is 3.79. The van der Waals surface area contributed by atoms with Crippen molar-refractivity contribution < 1.29 is 9.53 Å². The van der Waals surface area contributed by atoms with Crippen LogP contribution < -0.4 is 11.1 Å². The molecule has 0 aliphatic carbocycles. The molecule has 26 heavy (non-hydrogen) atoms. The first-order valence-corrected chi connectivity index (χ1v) is 9.14. The third kappa shape index (κ3) is 4.75. The average Bonchev–Trinajstić information content (AvgIpc) is 2.65. The van der Waals surface area contributed by atoms with Gasteiger partial charge in [0.15, 0.2) is 0 Å². The normalized spacial score (nSPS) is 15.2. The van der Waals surface area contributed by atoms with E-state index in [1.54, 1.807) is 18.2 Å². The van der Waals surface area contributed by atoms with E-state index in [4.69, 9.17) is 22.1 Å². The standard InChI is InChI=1S/C20H24ClN3O2/c1-24(17-8-10-26-11-9-17)13-14-2-4-15(5-3-14)20(25)23-19-7-6-16(21)12-18(19)22/h2-7,12,17H,8-11,13,22H2,1H3,(H,23,25). The van der Waals surface area contributed by atoms with Crippen molar-refractivity contribution in [3.8, 4) is 0 Å². The molecule has 2 aromatic rings. The van der Waals surface area contributed by atoms with Gasteiger partial charge in [0.1, 0.15) is 0 Å². The molecule has 1 aliphatic heterocycles. The number of benzene rings is 2. The first kappa shape index (κ1) is 18.7. The van der Waals surface area contributed by atoms with Crippen molar-refractivity contribution in [3.63, 3.8) is 0 Å². The van der Waals surface area contributed by atoms with Crippen molar-refractivity contribution in [3.05, 3.63) is 58.6 Å². The van der Waals surface area contributed by atoms with Gasteiger partial charge in [0.05, 0.1) is 11.4 Å². The van der Waals surface area contributed by atoms with E-state index < -0.39 is 0 Å². The molecule has 1 saturated heterocycles. The molecule has 3 rings (SSSR count). The van der Waals surface area contributed by atoms with Crippen LogP contribution in [0.25, 0.3) is 0 Å². The molecule has 0 spiro atoms. The van der Waals surface area contributed by atoms with Crippen molar-refractivity contribution in [1.82, 2.24) is 4.90 Å². The Morgan fingerprint density at radius 1 is 1.23 bits per heavy atom. The third-order valence-electron chi connectivity index (χ3n) is 4.72. The molecule has 0 radical (unpaired) electrons. The molecule has 0 unspecified atom stereocenters. The number of rotatable bonds is 5. The van der Waals surface area contributed by atoms with Crippen molar-refractivity contribution in [1.29, 1.82) is 0 Å². The van der Waals surface area contributed by atoms with Crippen LogP contribution in [0.15, 0.2) is 42.5 Å². The Labute approximate surface area is 159 Å². The smallest absolute Gasteiger partial charge is 0.255 e. The lowest BCUT2D eigenvalue weighted by atomic mass is 10.1. The van der Waals surface area contributed by atoms with Crippen molar-refractivity contribution >= 4 is 28.9 Å². The third-order valence-corrected chi connectivity index (χ3v) is 4.96. The molecule has 1 aliphatic rings. The summed E-state index contributed by atoms with van der Waals surface area (Å²) in [5.74, 6) is -0.191. The van der Waals surface area contributed by atoms with Gasteiger partial charge in [-0.25, -0.2) is 0 Å². The summed E-state index contributed by atoms with van der Waals surface area (Å²) in [6, 6.07) is 13.2. The van der Waals surface area contributed by atoms with E-state index in [1.807, 2.05) is 24.3 Å². The van der Waals surface area contributed by atoms with E-state index in [0.29, 0.717) is 28.0 Å². The van der Waals surface area contributed by atoms with Crippen LogP contribution in [0.1, 0.15) is 28.8 Å². The van der Waals surface area contributed by atoms with E-state index in [9.17, 15) is 4.79 Å². The molecule has 1 amide bonds. The Balaban J connectivity index is 1.60. The van der Waals surface area contributed by atoms with E-state index in [0.717, 1.165) is 32.6 Å². The molecule has 1 fully saturated rings. The van der Waals surface area contributed by atoms with Crippen LogP contribution in [0.5, 0.6) is 0 Å². The Morgan fingerprint density at radius 2 is 1.92 bits per heavy atom. The zero-order valence-corrected chi connectivity index (χ0v) is 15.6. The molecular formula is C20H24ClN3O2. The minimum Gasteiger partial charge on any atom is -0.397 e. The van der Waals surface area contributed by atoms with E-state index in [-0.39, 0.29) is 5.91 Å². The van der Waals surface area contributed by atoms with Crippen LogP contribution in [-0.2, 0) is 11.3 Å². The number of nitrogens with two attached hydrogens (primary N) is 1. The second-order valence-electron chi connectivity index (χ2n) is 6.64. The molecule has 0 saturated carbocycles. The maximum Gasteiger partial charge on any atom is 0.255 e. The maximum atomic E-state index is 12.4. The molecule has 0 aromatic heterocycles. The summed E-state index contributed by atoms with van der Waals surface area (Å²) < 4.78 is 5.42. The van der Waals surface area contributed by atoms with E-state index in [2.05, 4.69) is 17.3 Å². The number of halogens is 1. The van der Waals surface area contributed by atoms with Gasteiger partial charge >= 0.3 is 0 Å². The second-order valence-corrected chi connectivity index (χ2v) is 7.08. The highest BCUT2D eigenvalue weighted by atomic mass is 35.5. The molecule has 1 heterocycles. The van der Waals surface area contributed by atoms with Crippen LogP contribution in [0.4, 0.5) is 11.4 Å². The van der Waals surface area contributed by atoms with Crippen molar-refractivity contribution in [2.24, 2.45) is 0 Å². The lowest BCUT2D eigenvalue weighted by Crippen LogP contribution is -2.36. The molecular weight excluding hydrogens is 350 g/mol. The highest BCUT2D eigenvalue weighted by Gasteiger charge is 2.18. The lowest BCUT2D eigenvalue weighted by molar-refractivity contribution is 0.0407. The summed E-state index contributed by atoms with van der Waals surface area (Å²) in [5.41, 5.74) is 8.66. The topological polar surface area (TPSA) is 67.6 Å². The summed E-state index contributed by atoms with van der Waals surface area (Å²) in [6.07, 6.45) is 2.14. The molecule has 0 bridgehead atoms. The minimum absolute atomic E-state index is 0.191. The summed E-state index contributed by atoms with van der Waals surface area (Å²) in [7, 11) is 2.14. The highest BCUT2D eigenvalue weighted by molar-refractivity contribution is 6.31. The van der Waals surface area contributed by atoms with Gasteiger partial charge in [0, 0.05) is 36.4 Å². The van der Waals surface area contributed by atoms with Gasteiger partial charge in [0.2, 0.25) is 0 Å². The molecule has 6 heteroatoms. The van der Waals surface area contributed by atoms with Gasteiger partial charge < -0.3 is 15.8 Å². The fourth-order valence-corrected chi connectivity index (χ4v) is 3.33. The van der Waals surface area contributed by atoms with Crippen molar-refractivity contribution in [2.45, 2.75) is 25.4 Å². The van der Waals surface area contributed by atoms with Crippen LogP contribution in [0.2, 0.25) is 5.02 Å². The van der Waals surface area contributed by atoms with Gasteiger partial charge in [-0.1, -0.05) is 23.7 Å². The van der Waals surface area contributed by atoms with Gasteiger partial charge in [-0.05, 0) is 55.8 Å². The van der Waals surface area contributed by atoms with Crippen LogP contribution >= 0.6 is 11.6 Å². The van der Waals surface area contributed by atoms with Crippen LogP contribution in [0, 0.1) is 0 Å². The van der Waals surface area contributed by atoms with E-state index in [1.165, 1.54) is 5.56 Å². The number of carbonyl (C=O) groups is 1. The SMILES string of the molecule is CN(Cc1ccc(C(=O)Nc2ccc(Cl)cc2N)cc1)C1CCOCC1. The molecule has 5 nitrogen and oxygen atoms in total. The Bertz CT molecular complexity index is 758. The van der Waals surface area contributed by atoms with Gasteiger partial charge in [0.25, 0.3) is 5.91 Å². The number of nitrogens with one attached hydrogen (secondary N) is 1. The summed E-state index contributed by atoms with van der Waals surface area (Å²) >= 11 is 5.88. The lowest BCUT2D eigenvalue weighted by Gasteiger charge is -2.31. The molecule has 2 aromatic carbocycles. The summed E-state index contributed by atoms with van der Waals surface area (Å²) in [4.78, 5) is 14.8. The van der Waals surface area contributed by atoms with Crippen LogP contribution in [-0.4, -0.2) is 37.1 Å². The number of ether oxygens (including phenoxy) is 1. The molecule has 3 N–H and O–H groups in total. The van der Waals surface area contributed by atoms with Crippen LogP contribution in [0.3, 0.4) is 0 Å². The Hall–Kier alpha value is -2.08. The zero-order valence-electron chi connectivity index (χ0n) is 14.9. The number of amides is 1. The summed E-state index contributed by atoms with van der Waals surface area (Å²) in [6.45, 7) is 2.53. The Kier molecular flexibility index (Phi) is 6.14. The fraction of sp³-hybridized carbons (Fsp3) is 0.350. The first-order valence-electron chi connectivity index (χ1n) is 8.76. The van der Waals surface area contributed by atoms with Gasteiger partial charge in [-0.2, -0.15) is 0 Å². The van der Waals surface area contributed by atoms with Gasteiger partial charge in [-0.15, -0.1) is 0 Å². The Morgan fingerprint density at radius 3 is 2.58 bits per heavy atom. The maximum absolute atomic E-state index is 12.4. The second kappa shape index (κ2) is 8.54. The number of nitrogens with zero attached hydrogens (tertiary/aromatic N) is 1. The highest BCUT2D eigenvalue weighted by Crippen LogP contribution is 2.23.